The van der Waals surface area contributed by atoms with Crippen molar-refractivity contribution in [3.63, 3.8) is 0 Å². The number of ketones is 1. The number of Topliss-reactive ketones (excluding diaryl/α,β-unsaturated/α-hetero) is 1. The Balaban J connectivity index is 1.70. The van der Waals surface area contributed by atoms with Gasteiger partial charge in [0.05, 0.1) is 11.4 Å². The first-order valence-corrected chi connectivity index (χ1v) is 11.3. The third-order valence-electron chi connectivity index (χ3n) is 5.53. The Hall–Kier alpha value is -3.64. The van der Waals surface area contributed by atoms with Gasteiger partial charge in [0.25, 0.3) is 5.56 Å². The molecular weight excluding hydrogens is 418 g/mol. The lowest BCUT2D eigenvalue weighted by Crippen LogP contribution is -2.23. The fourth-order valence-electron chi connectivity index (χ4n) is 3.85. The Morgan fingerprint density at radius 3 is 2.56 bits per heavy atom. The van der Waals surface area contributed by atoms with Crippen LogP contribution in [0.1, 0.15) is 21.5 Å². The molecule has 0 saturated carbocycles. The molecule has 1 N–H and O–H groups in total. The van der Waals surface area contributed by atoms with Crippen molar-refractivity contribution in [3.8, 4) is 5.69 Å². The molecule has 6 heteroatoms. The van der Waals surface area contributed by atoms with Crippen LogP contribution >= 0.6 is 11.8 Å². The summed E-state index contributed by atoms with van der Waals surface area (Å²) in [5.74, 6) is 0.186. The van der Waals surface area contributed by atoms with E-state index in [0.717, 1.165) is 27.7 Å². The molecule has 0 bridgehead atoms. The first-order chi connectivity index (χ1) is 15.5. The molecule has 3 aromatic carbocycles. The van der Waals surface area contributed by atoms with E-state index in [4.69, 9.17) is 4.98 Å². The van der Waals surface area contributed by atoms with Gasteiger partial charge in [-0.3, -0.25) is 14.2 Å². The molecule has 5 nitrogen and oxygen atoms in total. The van der Waals surface area contributed by atoms with Crippen LogP contribution < -0.4 is 5.56 Å². The molecule has 0 spiro atoms. The number of nitrogens with zero attached hydrogens (tertiary/aromatic N) is 2. The number of hydrogen-bond acceptors (Lipinski definition) is 4. The number of hydrogen-bond donors (Lipinski definition) is 1. The van der Waals surface area contributed by atoms with Gasteiger partial charge in [-0.15, -0.1) is 0 Å². The summed E-state index contributed by atoms with van der Waals surface area (Å²) in [7, 11) is 0. The third kappa shape index (κ3) is 3.52. The van der Waals surface area contributed by atoms with Crippen LogP contribution in [-0.2, 0) is 0 Å². The summed E-state index contributed by atoms with van der Waals surface area (Å²) in [4.78, 5) is 34.6. The van der Waals surface area contributed by atoms with Crippen molar-refractivity contribution >= 4 is 39.5 Å². The van der Waals surface area contributed by atoms with Crippen molar-refractivity contribution in [2.45, 2.75) is 19.0 Å². The molecule has 0 aliphatic rings. The molecule has 0 fully saturated rings. The summed E-state index contributed by atoms with van der Waals surface area (Å²) in [6.07, 6.45) is 0. The van der Waals surface area contributed by atoms with Crippen molar-refractivity contribution in [2.75, 3.05) is 5.75 Å². The van der Waals surface area contributed by atoms with E-state index in [9.17, 15) is 9.59 Å². The number of aryl methyl sites for hydroxylation is 2. The van der Waals surface area contributed by atoms with Crippen LogP contribution in [0.3, 0.4) is 0 Å². The zero-order valence-electron chi connectivity index (χ0n) is 17.8. The smallest absolute Gasteiger partial charge is 0.283 e. The first kappa shape index (κ1) is 20.3. The molecule has 5 rings (SSSR count). The number of thioether (sulfide) groups is 1. The number of rotatable bonds is 5. The maximum atomic E-state index is 13.7. The van der Waals surface area contributed by atoms with Crippen molar-refractivity contribution < 1.29 is 4.79 Å². The summed E-state index contributed by atoms with van der Waals surface area (Å²) in [6, 6.07) is 22.9. The van der Waals surface area contributed by atoms with Gasteiger partial charge in [-0.25, -0.2) is 4.98 Å². The molecule has 158 valence electrons. The van der Waals surface area contributed by atoms with Gasteiger partial charge in [0.15, 0.2) is 10.9 Å². The summed E-state index contributed by atoms with van der Waals surface area (Å²) >= 11 is 1.29. The molecule has 2 heterocycles. The third-order valence-corrected chi connectivity index (χ3v) is 6.47. The topological polar surface area (TPSA) is 67.8 Å². The van der Waals surface area contributed by atoms with Crippen LogP contribution in [-0.4, -0.2) is 26.1 Å². The highest BCUT2D eigenvalue weighted by molar-refractivity contribution is 7.99. The summed E-state index contributed by atoms with van der Waals surface area (Å²) in [5, 5.41) is 1.40. The second-order valence-corrected chi connectivity index (χ2v) is 8.74. The molecule has 0 amide bonds. The van der Waals surface area contributed by atoms with Crippen LogP contribution in [0.15, 0.2) is 82.7 Å². The molecule has 0 atom stereocenters. The van der Waals surface area contributed by atoms with E-state index in [2.05, 4.69) is 4.98 Å². The number of H-pyrrole nitrogens is 1. The fraction of sp³-hybridized carbons (Fsp3) is 0.115. The molecule has 5 aromatic rings. The standard InChI is InChI=1S/C26H21N3O2S/c1-16-12-13-17(2)21(14-16)29-25(31)24-23(19-10-6-7-11-20(19)27-24)28-26(29)32-15-22(30)18-8-4-3-5-9-18/h3-14,27H,15H2,1-2H3. The molecule has 2 aromatic heterocycles. The van der Waals surface area contributed by atoms with E-state index >= 15 is 0 Å². The predicted octanol–water partition coefficient (Wildman–Crippen LogP) is 5.46. The summed E-state index contributed by atoms with van der Waals surface area (Å²) in [5.41, 5.74) is 5.22. The van der Waals surface area contributed by atoms with Crippen molar-refractivity contribution in [1.82, 2.24) is 14.5 Å². The Labute approximate surface area is 189 Å². The lowest BCUT2D eigenvalue weighted by Gasteiger charge is -2.15. The second kappa shape index (κ2) is 8.13. The van der Waals surface area contributed by atoms with Gasteiger partial charge in [-0.05, 0) is 37.1 Å². The quantitative estimate of drug-likeness (QED) is 0.224. The Bertz CT molecular complexity index is 1530. The van der Waals surface area contributed by atoms with Crippen molar-refractivity contribution in [2.24, 2.45) is 0 Å². The summed E-state index contributed by atoms with van der Waals surface area (Å²) in [6.45, 7) is 3.97. The number of carbonyl (C=O) groups excluding carboxylic acids is 1. The van der Waals surface area contributed by atoms with E-state index in [0.29, 0.717) is 21.8 Å². The van der Waals surface area contributed by atoms with E-state index in [-0.39, 0.29) is 17.1 Å². The Kier molecular flexibility index (Phi) is 5.15. The lowest BCUT2D eigenvalue weighted by atomic mass is 10.1. The fourth-order valence-corrected chi connectivity index (χ4v) is 4.74. The minimum atomic E-state index is -0.172. The van der Waals surface area contributed by atoms with Crippen LogP contribution in [0, 0.1) is 13.8 Å². The average Bonchev–Trinajstić information content (AvgIpc) is 3.19. The molecule has 0 aliphatic carbocycles. The van der Waals surface area contributed by atoms with Crippen molar-refractivity contribution in [3.05, 3.63) is 99.8 Å². The van der Waals surface area contributed by atoms with Gasteiger partial charge in [-0.1, -0.05) is 72.4 Å². The largest absolute Gasteiger partial charge is 0.349 e. The highest BCUT2D eigenvalue weighted by Crippen LogP contribution is 2.28. The highest BCUT2D eigenvalue weighted by atomic mass is 32.2. The number of para-hydroxylation sites is 1. The van der Waals surface area contributed by atoms with Gasteiger partial charge in [0.2, 0.25) is 0 Å². The van der Waals surface area contributed by atoms with Gasteiger partial charge >= 0.3 is 0 Å². The minimum Gasteiger partial charge on any atom is -0.349 e. The van der Waals surface area contributed by atoms with Gasteiger partial charge in [-0.2, -0.15) is 0 Å². The first-order valence-electron chi connectivity index (χ1n) is 10.3. The maximum absolute atomic E-state index is 13.7. The number of benzene rings is 3. The van der Waals surface area contributed by atoms with E-state index < -0.39 is 0 Å². The van der Waals surface area contributed by atoms with Crippen LogP contribution in [0.25, 0.3) is 27.6 Å². The number of fused-ring (bicyclic) bond motifs is 3. The Morgan fingerprint density at radius 2 is 1.75 bits per heavy atom. The molecule has 0 unspecified atom stereocenters. The zero-order chi connectivity index (χ0) is 22.2. The highest BCUT2D eigenvalue weighted by Gasteiger charge is 2.19. The molecule has 0 aliphatic heterocycles. The average molecular weight is 440 g/mol. The van der Waals surface area contributed by atoms with Crippen LogP contribution in [0.5, 0.6) is 0 Å². The van der Waals surface area contributed by atoms with Crippen LogP contribution in [0.4, 0.5) is 0 Å². The zero-order valence-corrected chi connectivity index (χ0v) is 18.6. The number of aromatic nitrogens is 3. The van der Waals surface area contributed by atoms with Gasteiger partial charge in [0, 0.05) is 16.5 Å². The molecular formula is C26H21N3O2S. The maximum Gasteiger partial charge on any atom is 0.283 e. The Morgan fingerprint density at radius 1 is 1.00 bits per heavy atom. The van der Waals surface area contributed by atoms with Gasteiger partial charge in [0.1, 0.15) is 11.0 Å². The van der Waals surface area contributed by atoms with E-state index in [1.54, 1.807) is 16.7 Å². The second-order valence-electron chi connectivity index (χ2n) is 7.80. The number of nitrogens with one attached hydrogen (secondary N) is 1. The minimum absolute atomic E-state index is 0.00335. The van der Waals surface area contributed by atoms with Crippen molar-refractivity contribution in [1.29, 1.82) is 0 Å². The molecule has 0 radical (unpaired) electrons. The number of carbonyl (C=O) groups is 1. The molecule has 0 saturated heterocycles. The van der Waals surface area contributed by atoms with Crippen LogP contribution in [0.2, 0.25) is 0 Å². The summed E-state index contributed by atoms with van der Waals surface area (Å²) < 4.78 is 1.63. The van der Waals surface area contributed by atoms with E-state index in [1.165, 1.54) is 11.8 Å². The molecule has 32 heavy (non-hydrogen) atoms. The normalized spacial score (nSPS) is 11.3. The number of aromatic amines is 1. The lowest BCUT2D eigenvalue weighted by molar-refractivity contribution is 0.102. The monoisotopic (exact) mass is 439 g/mol. The predicted molar refractivity (Wildman–Crippen MR) is 130 cm³/mol. The van der Waals surface area contributed by atoms with Gasteiger partial charge < -0.3 is 4.98 Å². The SMILES string of the molecule is Cc1ccc(C)c(-n2c(SCC(=O)c3ccccc3)nc3c([nH]c4ccccc43)c2=O)c1. The van der Waals surface area contributed by atoms with E-state index in [1.807, 2.05) is 74.5 Å².